The lowest BCUT2D eigenvalue weighted by molar-refractivity contribution is -0.275. The zero-order chi connectivity index (χ0) is 16.3. The van der Waals surface area contributed by atoms with E-state index in [1.807, 2.05) is 0 Å². The van der Waals surface area contributed by atoms with Crippen molar-refractivity contribution in [2.24, 2.45) is 17.8 Å². The number of ether oxygens (including phenoxy) is 2. The summed E-state index contributed by atoms with van der Waals surface area (Å²) in [6.45, 7) is 3.61. The van der Waals surface area contributed by atoms with Crippen LogP contribution in [0, 0.1) is 17.8 Å². The smallest absolute Gasteiger partial charge is 0.172 e. The van der Waals surface area contributed by atoms with Crippen LogP contribution in [-0.2, 0) is 9.47 Å². The number of aliphatic hydroxyl groups is 2. The minimum Gasteiger partial charge on any atom is -0.393 e. The minimum atomic E-state index is -0.363. The third-order valence-corrected chi connectivity index (χ3v) is 6.37. The van der Waals surface area contributed by atoms with Gasteiger partial charge in [-0.25, -0.2) is 0 Å². The van der Waals surface area contributed by atoms with Crippen LogP contribution in [0.25, 0.3) is 0 Å². The summed E-state index contributed by atoms with van der Waals surface area (Å²) in [5, 5.41) is 20.7. The van der Waals surface area contributed by atoms with Crippen molar-refractivity contribution >= 4 is 0 Å². The molecule has 0 amide bonds. The lowest BCUT2D eigenvalue weighted by Gasteiger charge is -2.48. The normalized spacial score (nSPS) is 36.1. The van der Waals surface area contributed by atoms with Crippen molar-refractivity contribution in [3.8, 4) is 0 Å². The van der Waals surface area contributed by atoms with Gasteiger partial charge in [-0.3, -0.25) is 0 Å². The van der Waals surface area contributed by atoms with Crippen molar-refractivity contribution < 1.29 is 19.7 Å². The summed E-state index contributed by atoms with van der Waals surface area (Å²) in [7, 11) is 0. The molecule has 5 atom stereocenters. The molecule has 0 bridgehead atoms. The molecule has 3 rings (SSSR count). The lowest BCUT2D eigenvalue weighted by atomic mass is 9.69. The van der Waals surface area contributed by atoms with Gasteiger partial charge in [0.05, 0.1) is 25.4 Å². The Bertz CT molecular complexity index is 366. The third kappa shape index (κ3) is 3.76. The van der Waals surface area contributed by atoms with E-state index < -0.39 is 0 Å². The maximum absolute atomic E-state index is 10.5. The zero-order valence-corrected chi connectivity index (χ0v) is 14.6. The van der Waals surface area contributed by atoms with Crippen molar-refractivity contribution in [3.63, 3.8) is 0 Å². The Balaban J connectivity index is 1.34. The topological polar surface area (TPSA) is 58.9 Å². The summed E-state index contributed by atoms with van der Waals surface area (Å²) in [6.07, 6.45) is 10.3. The molecular weight excluding hydrogens is 292 g/mol. The molecule has 0 radical (unpaired) electrons. The molecule has 0 aromatic rings. The van der Waals surface area contributed by atoms with Gasteiger partial charge in [-0.1, -0.05) is 39.0 Å². The second-order valence-corrected chi connectivity index (χ2v) is 7.90. The van der Waals surface area contributed by atoms with Gasteiger partial charge in [0, 0.05) is 12.3 Å². The van der Waals surface area contributed by atoms with Gasteiger partial charge in [0.2, 0.25) is 0 Å². The van der Waals surface area contributed by atoms with Gasteiger partial charge in [0.25, 0.3) is 0 Å². The maximum Gasteiger partial charge on any atom is 0.172 e. The average Bonchev–Trinajstić information content (AvgIpc) is 3.11. The highest BCUT2D eigenvalue weighted by molar-refractivity contribution is 5.08. The fraction of sp³-hybridized carbons (Fsp3) is 1.00. The summed E-state index contributed by atoms with van der Waals surface area (Å²) >= 11 is 0. The van der Waals surface area contributed by atoms with Crippen LogP contribution in [0.15, 0.2) is 0 Å². The van der Waals surface area contributed by atoms with Crippen LogP contribution in [0.4, 0.5) is 0 Å². The number of hydrogen-bond acceptors (Lipinski definition) is 4. The molecule has 1 aliphatic heterocycles. The van der Waals surface area contributed by atoms with Gasteiger partial charge >= 0.3 is 0 Å². The number of unbranched alkanes of at least 4 members (excludes halogenated alkanes) is 4. The summed E-state index contributed by atoms with van der Waals surface area (Å²) in [5.41, 5.74) is 0. The van der Waals surface area contributed by atoms with E-state index in [9.17, 15) is 10.2 Å². The van der Waals surface area contributed by atoms with E-state index in [-0.39, 0.29) is 18.0 Å². The maximum atomic E-state index is 10.5. The molecule has 4 nitrogen and oxygen atoms in total. The van der Waals surface area contributed by atoms with Crippen molar-refractivity contribution in [1.29, 1.82) is 0 Å². The number of hydrogen-bond donors (Lipinski definition) is 2. The zero-order valence-electron chi connectivity index (χ0n) is 14.6. The molecule has 2 N–H and O–H groups in total. The second-order valence-electron chi connectivity index (χ2n) is 7.90. The molecule has 0 aromatic heterocycles. The van der Waals surface area contributed by atoms with E-state index in [0.717, 1.165) is 38.5 Å². The standard InChI is InChI=1S/C19H34O4/c1-2-3-4-5-6-7-15(20)9-8-14-12-17-16(18(14)21)13-19(17)22-10-11-23-19/h14-18,20-21H,2-13H2,1H3. The first-order chi connectivity index (χ1) is 11.2. The average molecular weight is 326 g/mol. The molecule has 23 heavy (non-hydrogen) atoms. The summed E-state index contributed by atoms with van der Waals surface area (Å²) in [4.78, 5) is 0. The van der Waals surface area contributed by atoms with Crippen molar-refractivity contribution in [3.05, 3.63) is 0 Å². The molecule has 2 saturated carbocycles. The third-order valence-electron chi connectivity index (χ3n) is 6.37. The van der Waals surface area contributed by atoms with E-state index >= 15 is 0 Å². The Labute approximate surface area is 140 Å². The van der Waals surface area contributed by atoms with Crippen LogP contribution >= 0.6 is 0 Å². The van der Waals surface area contributed by atoms with Crippen molar-refractivity contribution in [1.82, 2.24) is 0 Å². The van der Waals surface area contributed by atoms with Crippen LogP contribution in [0.3, 0.4) is 0 Å². The number of fused-ring (bicyclic) bond motifs is 2. The summed E-state index contributed by atoms with van der Waals surface area (Å²) < 4.78 is 11.6. The van der Waals surface area contributed by atoms with Gasteiger partial charge < -0.3 is 19.7 Å². The second kappa shape index (κ2) is 7.81. The highest BCUT2D eigenvalue weighted by atomic mass is 16.7. The van der Waals surface area contributed by atoms with Crippen LogP contribution in [0.2, 0.25) is 0 Å². The van der Waals surface area contributed by atoms with E-state index in [1.54, 1.807) is 0 Å². The van der Waals surface area contributed by atoms with Crippen molar-refractivity contribution in [2.75, 3.05) is 13.2 Å². The van der Waals surface area contributed by atoms with Crippen molar-refractivity contribution in [2.45, 2.75) is 89.1 Å². The fourth-order valence-corrected chi connectivity index (χ4v) is 4.94. The van der Waals surface area contributed by atoms with E-state index in [0.29, 0.717) is 31.0 Å². The predicted octanol–water partition coefficient (Wildman–Crippen LogP) is 3.25. The molecule has 2 aliphatic carbocycles. The number of rotatable bonds is 9. The van der Waals surface area contributed by atoms with Gasteiger partial charge in [-0.05, 0) is 37.5 Å². The summed E-state index contributed by atoms with van der Waals surface area (Å²) in [5.74, 6) is 0.672. The highest BCUT2D eigenvalue weighted by Gasteiger charge is 2.64. The summed E-state index contributed by atoms with van der Waals surface area (Å²) in [6, 6.07) is 0. The molecule has 3 aliphatic rings. The van der Waals surface area contributed by atoms with Crippen LogP contribution in [0.5, 0.6) is 0 Å². The molecule has 1 saturated heterocycles. The van der Waals surface area contributed by atoms with Gasteiger partial charge in [-0.2, -0.15) is 0 Å². The molecule has 1 spiro atoms. The van der Waals surface area contributed by atoms with Crippen LogP contribution in [-0.4, -0.2) is 41.4 Å². The molecular formula is C19H34O4. The molecule has 1 heterocycles. The molecule has 3 fully saturated rings. The largest absolute Gasteiger partial charge is 0.393 e. The van der Waals surface area contributed by atoms with Gasteiger partial charge in [-0.15, -0.1) is 0 Å². The monoisotopic (exact) mass is 326 g/mol. The Morgan fingerprint density at radius 1 is 1.09 bits per heavy atom. The Kier molecular flexibility index (Phi) is 6.00. The van der Waals surface area contributed by atoms with E-state index in [4.69, 9.17) is 9.47 Å². The predicted molar refractivity (Wildman–Crippen MR) is 89.0 cm³/mol. The van der Waals surface area contributed by atoms with Gasteiger partial charge in [0.15, 0.2) is 5.79 Å². The van der Waals surface area contributed by atoms with E-state index in [1.165, 1.54) is 25.7 Å². The first kappa shape index (κ1) is 17.7. The van der Waals surface area contributed by atoms with E-state index in [2.05, 4.69) is 6.92 Å². The minimum absolute atomic E-state index is 0.199. The molecule has 4 heteroatoms. The number of aliphatic hydroxyl groups excluding tert-OH is 2. The molecule has 134 valence electrons. The SMILES string of the molecule is CCCCCCCC(O)CCC1CC2C(CC23OCCO3)C1O. The first-order valence-corrected chi connectivity index (χ1v) is 9.80. The Morgan fingerprint density at radius 2 is 1.83 bits per heavy atom. The van der Waals surface area contributed by atoms with Crippen LogP contribution in [0.1, 0.15) is 71.1 Å². The molecule has 5 unspecified atom stereocenters. The first-order valence-electron chi connectivity index (χ1n) is 9.80. The van der Waals surface area contributed by atoms with Crippen LogP contribution < -0.4 is 0 Å². The lowest BCUT2D eigenvalue weighted by Crippen LogP contribution is -2.54. The van der Waals surface area contributed by atoms with Gasteiger partial charge in [0.1, 0.15) is 0 Å². The molecule has 0 aromatic carbocycles. The Hall–Kier alpha value is -0.160. The quantitative estimate of drug-likeness (QED) is 0.639. The fourth-order valence-electron chi connectivity index (χ4n) is 4.94. The Morgan fingerprint density at radius 3 is 2.57 bits per heavy atom. The highest BCUT2D eigenvalue weighted by Crippen LogP contribution is 2.59.